The number of hydrogen-bond donors (Lipinski definition) is 2. The van der Waals surface area contributed by atoms with Gasteiger partial charge in [-0.2, -0.15) is 0 Å². The minimum absolute atomic E-state index is 0.0731. The van der Waals surface area contributed by atoms with Crippen LogP contribution in [0.4, 0.5) is 10.1 Å². The van der Waals surface area contributed by atoms with E-state index in [1.165, 1.54) is 16.8 Å². The Kier molecular flexibility index (Phi) is 4.64. The summed E-state index contributed by atoms with van der Waals surface area (Å²) in [5.41, 5.74) is 9.99. The maximum absolute atomic E-state index is 14.8. The third-order valence-corrected chi connectivity index (χ3v) is 4.79. The van der Waals surface area contributed by atoms with E-state index in [1.54, 1.807) is 49.5 Å². The first-order valence-electron chi connectivity index (χ1n) is 8.98. The highest BCUT2D eigenvalue weighted by Gasteiger charge is 2.11. The maximum Gasteiger partial charge on any atom is 0.269 e. The normalized spacial score (nSPS) is 11.0. The van der Waals surface area contributed by atoms with Crippen LogP contribution in [0.2, 0.25) is 0 Å². The third-order valence-electron chi connectivity index (χ3n) is 4.79. The molecule has 0 radical (unpaired) electrons. The van der Waals surface area contributed by atoms with Gasteiger partial charge in [0, 0.05) is 28.7 Å². The number of fused-ring (bicyclic) bond motifs is 1. The van der Waals surface area contributed by atoms with E-state index in [1.807, 2.05) is 6.07 Å². The molecule has 6 nitrogen and oxygen atoms in total. The number of halogens is 1. The molecule has 29 heavy (non-hydrogen) atoms. The molecule has 0 saturated heterocycles. The van der Waals surface area contributed by atoms with Gasteiger partial charge in [0.15, 0.2) is 5.65 Å². The molecule has 4 rings (SSSR count). The molecule has 0 aliphatic carbocycles. The minimum atomic E-state index is -0.422. The molecule has 0 fully saturated rings. The molecule has 4 aromatic rings. The second-order valence-corrected chi connectivity index (χ2v) is 6.76. The molecule has 144 valence electrons. The molecule has 0 atom stereocenters. The second-order valence-electron chi connectivity index (χ2n) is 6.76. The molecule has 0 unspecified atom stereocenters. The van der Waals surface area contributed by atoms with Crippen molar-refractivity contribution in [1.82, 2.24) is 14.5 Å². The van der Waals surface area contributed by atoms with Gasteiger partial charge in [0.05, 0.1) is 18.3 Å². The summed E-state index contributed by atoms with van der Waals surface area (Å²) in [5, 5.41) is 7.72. The topological polar surface area (TPSA) is 97.6 Å². The van der Waals surface area contributed by atoms with Gasteiger partial charge in [-0.3, -0.25) is 9.36 Å². The highest BCUT2D eigenvalue weighted by molar-refractivity contribution is 6.01. The van der Waals surface area contributed by atoms with Crippen LogP contribution >= 0.6 is 0 Å². The standard InChI is InChI=1S/C22H18FN5O/c1-13(24)17-7-6-15(10-19(17)25)14-4-5-16(18(23)9-14)12-28-20-3-2-8-26-22(20)27-11-21(28)29/h2-11,24H,12,25H2,1H3. The van der Waals surface area contributed by atoms with Crippen LogP contribution < -0.4 is 11.3 Å². The fourth-order valence-electron chi connectivity index (χ4n) is 3.28. The first-order chi connectivity index (χ1) is 13.9. The van der Waals surface area contributed by atoms with Crippen molar-refractivity contribution < 1.29 is 4.39 Å². The summed E-state index contributed by atoms with van der Waals surface area (Å²) >= 11 is 0. The molecule has 0 bridgehead atoms. The van der Waals surface area contributed by atoms with Gasteiger partial charge in [-0.15, -0.1) is 0 Å². The maximum atomic E-state index is 14.8. The Morgan fingerprint density at radius 3 is 2.62 bits per heavy atom. The van der Waals surface area contributed by atoms with E-state index in [0.717, 1.165) is 5.56 Å². The van der Waals surface area contributed by atoms with Crippen molar-refractivity contribution in [3.05, 3.63) is 88.2 Å². The minimum Gasteiger partial charge on any atom is -0.398 e. The van der Waals surface area contributed by atoms with E-state index in [-0.39, 0.29) is 12.1 Å². The monoisotopic (exact) mass is 387 g/mol. The average Bonchev–Trinajstić information content (AvgIpc) is 2.71. The number of nitrogens with two attached hydrogens (primary N) is 1. The van der Waals surface area contributed by atoms with Gasteiger partial charge < -0.3 is 11.1 Å². The summed E-state index contributed by atoms with van der Waals surface area (Å²) in [5.74, 6) is -0.422. The predicted molar refractivity (Wildman–Crippen MR) is 112 cm³/mol. The Hall–Kier alpha value is -3.87. The lowest BCUT2D eigenvalue weighted by molar-refractivity contribution is 0.599. The molecule has 2 heterocycles. The summed E-state index contributed by atoms with van der Waals surface area (Å²) in [6, 6.07) is 13.6. The summed E-state index contributed by atoms with van der Waals surface area (Å²) in [4.78, 5) is 20.4. The number of pyridine rings is 1. The number of nitrogen functional groups attached to an aromatic ring is 1. The smallest absolute Gasteiger partial charge is 0.269 e. The molecule has 7 heteroatoms. The van der Waals surface area contributed by atoms with Crippen molar-refractivity contribution in [3.8, 4) is 11.1 Å². The van der Waals surface area contributed by atoms with Gasteiger partial charge in [-0.1, -0.05) is 24.3 Å². The van der Waals surface area contributed by atoms with E-state index in [9.17, 15) is 9.18 Å². The first kappa shape index (κ1) is 18.5. The summed E-state index contributed by atoms with van der Waals surface area (Å²) in [6.45, 7) is 1.74. The van der Waals surface area contributed by atoms with Gasteiger partial charge in [0.25, 0.3) is 5.56 Å². The fraction of sp³-hybridized carbons (Fsp3) is 0.0909. The van der Waals surface area contributed by atoms with E-state index in [2.05, 4.69) is 9.97 Å². The van der Waals surface area contributed by atoms with Crippen LogP contribution in [0.1, 0.15) is 18.1 Å². The lowest BCUT2D eigenvalue weighted by Gasteiger charge is -2.12. The third kappa shape index (κ3) is 3.50. The number of nitrogens with one attached hydrogen (secondary N) is 1. The number of anilines is 1. The molecule has 0 aliphatic rings. The number of hydrogen-bond acceptors (Lipinski definition) is 5. The van der Waals surface area contributed by atoms with Gasteiger partial charge >= 0.3 is 0 Å². The van der Waals surface area contributed by atoms with Crippen LogP contribution in [0, 0.1) is 11.2 Å². The highest BCUT2D eigenvalue weighted by Crippen LogP contribution is 2.26. The van der Waals surface area contributed by atoms with Crippen LogP contribution in [-0.2, 0) is 6.54 Å². The van der Waals surface area contributed by atoms with Crippen molar-refractivity contribution in [2.45, 2.75) is 13.5 Å². The zero-order valence-corrected chi connectivity index (χ0v) is 15.7. The van der Waals surface area contributed by atoms with E-state index in [4.69, 9.17) is 11.1 Å². The molecule has 2 aromatic carbocycles. The van der Waals surface area contributed by atoms with Crippen molar-refractivity contribution in [2.75, 3.05) is 5.73 Å². The zero-order chi connectivity index (χ0) is 20.5. The predicted octanol–water partition coefficient (Wildman–Crippen LogP) is 3.62. The van der Waals surface area contributed by atoms with Gasteiger partial charge in [-0.25, -0.2) is 14.4 Å². The Labute approximate surface area is 166 Å². The molecule has 3 N–H and O–H groups in total. The van der Waals surface area contributed by atoms with Crippen molar-refractivity contribution in [1.29, 1.82) is 5.41 Å². The van der Waals surface area contributed by atoms with Gasteiger partial charge in [0.2, 0.25) is 0 Å². The average molecular weight is 387 g/mol. The molecule has 0 saturated carbocycles. The zero-order valence-electron chi connectivity index (χ0n) is 15.7. The van der Waals surface area contributed by atoms with Crippen LogP contribution in [0.3, 0.4) is 0 Å². The van der Waals surface area contributed by atoms with Gasteiger partial charge in [-0.05, 0) is 42.3 Å². The summed E-state index contributed by atoms with van der Waals surface area (Å²) in [6.07, 6.45) is 2.79. The molecule has 0 amide bonds. The second kappa shape index (κ2) is 7.27. The van der Waals surface area contributed by atoms with Crippen molar-refractivity contribution in [2.24, 2.45) is 0 Å². The van der Waals surface area contributed by atoms with E-state index >= 15 is 0 Å². The van der Waals surface area contributed by atoms with Gasteiger partial charge in [0.1, 0.15) is 5.82 Å². The van der Waals surface area contributed by atoms with Crippen LogP contribution in [0.5, 0.6) is 0 Å². The summed E-state index contributed by atoms with van der Waals surface area (Å²) in [7, 11) is 0. The molecule has 0 aliphatic heterocycles. The molecular formula is C22H18FN5O. The molecule has 2 aromatic heterocycles. The Bertz CT molecular complexity index is 1310. The lowest BCUT2D eigenvalue weighted by Crippen LogP contribution is -2.21. The number of benzene rings is 2. The number of rotatable bonds is 4. The quantitative estimate of drug-likeness (QED) is 0.413. The number of aromatic nitrogens is 3. The van der Waals surface area contributed by atoms with E-state index < -0.39 is 5.82 Å². The van der Waals surface area contributed by atoms with E-state index in [0.29, 0.717) is 39.3 Å². The van der Waals surface area contributed by atoms with Crippen LogP contribution in [-0.4, -0.2) is 20.2 Å². The molecular weight excluding hydrogens is 369 g/mol. The Balaban J connectivity index is 1.71. The molecule has 0 spiro atoms. The lowest BCUT2D eigenvalue weighted by atomic mass is 9.99. The number of nitrogens with zero attached hydrogens (tertiary/aromatic N) is 3. The van der Waals surface area contributed by atoms with Crippen molar-refractivity contribution in [3.63, 3.8) is 0 Å². The highest BCUT2D eigenvalue weighted by atomic mass is 19.1. The summed E-state index contributed by atoms with van der Waals surface area (Å²) < 4.78 is 16.3. The Morgan fingerprint density at radius 2 is 1.90 bits per heavy atom. The SMILES string of the molecule is CC(=N)c1ccc(-c2ccc(Cn3c(=O)cnc4ncccc43)c(F)c2)cc1N. The van der Waals surface area contributed by atoms with Crippen molar-refractivity contribution >= 4 is 22.6 Å². The van der Waals surface area contributed by atoms with Crippen LogP contribution in [0.25, 0.3) is 22.3 Å². The largest absolute Gasteiger partial charge is 0.398 e. The van der Waals surface area contributed by atoms with Crippen LogP contribution in [0.15, 0.2) is 65.7 Å². The first-order valence-corrected chi connectivity index (χ1v) is 8.98. The Morgan fingerprint density at radius 1 is 1.14 bits per heavy atom. The fourth-order valence-corrected chi connectivity index (χ4v) is 3.28.